The average molecular weight is 1310 g/mol. The van der Waals surface area contributed by atoms with Gasteiger partial charge in [-0.2, -0.15) is 0 Å². The molecular weight excluding hydrogens is 1170 g/mol. The Hall–Kier alpha value is -1.94. The Morgan fingerprint density at radius 1 is 0.303 bits per heavy atom. The molecule has 0 aliphatic heterocycles. The largest absolute Gasteiger partial charge is 0.472 e. The summed E-state index contributed by atoms with van der Waals surface area (Å²) in [4.78, 5) is 72.4. The van der Waals surface area contributed by atoms with E-state index in [0.717, 1.165) is 109 Å². The van der Waals surface area contributed by atoms with Crippen LogP contribution in [0.15, 0.2) is 0 Å². The van der Waals surface area contributed by atoms with Gasteiger partial charge in [-0.05, 0) is 31.6 Å². The van der Waals surface area contributed by atoms with E-state index >= 15 is 0 Å². The minimum absolute atomic E-state index is 0.106. The summed E-state index contributed by atoms with van der Waals surface area (Å²) in [5.74, 6) is -1.37. The van der Waals surface area contributed by atoms with Gasteiger partial charge < -0.3 is 33.8 Å². The van der Waals surface area contributed by atoms with Crippen molar-refractivity contribution < 1.29 is 80.2 Å². The van der Waals surface area contributed by atoms with Gasteiger partial charge in [0.25, 0.3) is 0 Å². The van der Waals surface area contributed by atoms with Gasteiger partial charge in [0.05, 0.1) is 26.4 Å². The molecule has 0 amide bonds. The first kappa shape index (κ1) is 87.1. The summed E-state index contributed by atoms with van der Waals surface area (Å²) >= 11 is 0. The summed E-state index contributed by atoms with van der Waals surface area (Å²) in [5.41, 5.74) is 0. The van der Waals surface area contributed by atoms with Crippen molar-refractivity contribution in [2.75, 3.05) is 39.6 Å². The highest BCUT2D eigenvalue weighted by molar-refractivity contribution is 7.47. The molecule has 0 rings (SSSR count). The Balaban J connectivity index is 5.21. The van der Waals surface area contributed by atoms with Crippen LogP contribution in [0.25, 0.3) is 0 Å². The van der Waals surface area contributed by atoms with Gasteiger partial charge in [0, 0.05) is 25.7 Å². The fourth-order valence-corrected chi connectivity index (χ4v) is 12.2. The molecule has 0 radical (unpaired) electrons. The molecule has 0 spiro atoms. The number of carbonyl (C=O) groups excluding carboxylic acids is 4. The molecule has 0 saturated carbocycles. The lowest BCUT2D eigenvalue weighted by atomic mass is 10.0. The van der Waals surface area contributed by atoms with E-state index in [1.807, 2.05) is 0 Å². The Bertz CT molecular complexity index is 1720. The Morgan fingerprint density at radius 3 is 0.764 bits per heavy atom. The third-order valence-corrected chi connectivity index (χ3v) is 18.2. The number of phosphoric ester groups is 2. The maximum absolute atomic E-state index is 13.0. The van der Waals surface area contributed by atoms with Crippen LogP contribution in [-0.2, 0) is 65.4 Å². The van der Waals surface area contributed by atoms with Gasteiger partial charge in [0.15, 0.2) is 12.2 Å². The molecule has 0 aromatic rings. The molecule has 0 bridgehead atoms. The van der Waals surface area contributed by atoms with Crippen molar-refractivity contribution in [1.82, 2.24) is 0 Å². The first-order valence-corrected chi connectivity index (χ1v) is 39.6. The Morgan fingerprint density at radius 2 is 0.517 bits per heavy atom. The van der Waals surface area contributed by atoms with Gasteiger partial charge >= 0.3 is 39.5 Å². The van der Waals surface area contributed by atoms with Gasteiger partial charge in [-0.3, -0.25) is 37.3 Å². The Labute approximate surface area is 543 Å². The molecule has 17 nitrogen and oxygen atoms in total. The molecule has 2 unspecified atom stereocenters. The number of ether oxygens (including phenoxy) is 4. The van der Waals surface area contributed by atoms with Crippen molar-refractivity contribution in [1.29, 1.82) is 0 Å². The molecule has 0 aromatic carbocycles. The van der Waals surface area contributed by atoms with Crippen LogP contribution in [0.5, 0.6) is 0 Å². The zero-order valence-electron chi connectivity index (χ0n) is 57.6. The summed E-state index contributed by atoms with van der Waals surface area (Å²) in [6, 6.07) is 0. The molecule has 89 heavy (non-hydrogen) atoms. The number of hydrogen-bond donors (Lipinski definition) is 3. The second-order valence-corrected chi connectivity index (χ2v) is 28.7. The second-order valence-electron chi connectivity index (χ2n) is 25.7. The molecule has 19 heteroatoms. The topological polar surface area (TPSA) is 237 Å². The van der Waals surface area contributed by atoms with Crippen LogP contribution in [0, 0.1) is 5.92 Å². The number of unbranched alkanes of at least 4 members (excludes halogenated alkanes) is 42. The SMILES string of the molecule is CCCCCCCCCCCCCCCCCC(=O)O[C@H](COC(=O)CCCCCCCCCCCCCCCC)COP(=O)(O)OC[C@@H](O)COP(=O)(O)OC[C@@H](COC(=O)CCCCCCCCC)OC(=O)CCCCCCCCCCCCC(C)C. The standard InChI is InChI=1S/C70H136O17P2/c1-6-9-12-15-18-20-22-24-26-28-30-35-40-45-50-55-69(74)87-66(60-81-68(73)54-49-44-39-34-29-27-25-23-21-19-16-13-10-7-2)62-85-89(78,79)83-58-64(71)57-82-88(76,77)84-61-65(59-80-67(72)53-48-43-37-17-14-11-8-3)86-70(75)56-51-46-41-36-32-31-33-38-42-47-52-63(4)5/h63-66,71H,6-62H2,1-5H3,(H,76,77)(H,78,79)/t64-,65+,66+/m0/s1. The highest BCUT2D eigenvalue weighted by Crippen LogP contribution is 2.45. The maximum atomic E-state index is 13.0. The van der Waals surface area contributed by atoms with E-state index in [4.69, 9.17) is 37.0 Å². The van der Waals surface area contributed by atoms with Crippen LogP contribution in [0.3, 0.4) is 0 Å². The molecule has 0 aliphatic carbocycles. The second kappa shape index (κ2) is 63.5. The van der Waals surface area contributed by atoms with E-state index in [2.05, 4.69) is 34.6 Å². The highest BCUT2D eigenvalue weighted by atomic mass is 31.2. The molecule has 0 aliphatic rings. The monoisotopic (exact) mass is 1310 g/mol. The number of hydrogen-bond acceptors (Lipinski definition) is 15. The lowest BCUT2D eigenvalue weighted by Crippen LogP contribution is -2.30. The van der Waals surface area contributed by atoms with Gasteiger partial charge in [-0.15, -0.1) is 0 Å². The predicted octanol–water partition coefficient (Wildman–Crippen LogP) is 20.1. The molecule has 0 aromatic heterocycles. The molecule has 5 atom stereocenters. The smallest absolute Gasteiger partial charge is 0.462 e. The van der Waals surface area contributed by atoms with E-state index in [9.17, 15) is 43.2 Å². The fraction of sp³-hybridized carbons (Fsp3) is 0.943. The zero-order valence-corrected chi connectivity index (χ0v) is 59.4. The van der Waals surface area contributed by atoms with Crippen LogP contribution < -0.4 is 0 Å². The normalized spacial score (nSPS) is 14.1. The van der Waals surface area contributed by atoms with Gasteiger partial charge in [0.2, 0.25) is 0 Å². The number of phosphoric acid groups is 2. The molecular formula is C70H136O17P2. The van der Waals surface area contributed by atoms with Crippen LogP contribution in [0.2, 0.25) is 0 Å². The minimum Gasteiger partial charge on any atom is -0.462 e. The first-order valence-electron chi connectivity index (χ1n) is 36.6. The third-order valence-electron chi connectivity index (χ3n) is 16.3. The lowest BCUT2D eigenvalue weighted by Gasteiger charge is -2.21. The predicted molar refractivity (Wildman–Crippen MR) is 358 cm³/mol. The first-order chi connectivity index (χ1) is 43.0. The van der Waals surface area contributed by atoms with E-state index < -0.39 is 97.5 Å². The van der Waals surface area contributed by atoms with Crippen molar-refractivity contribution in [2.45, 2.75) is 380 Å². The molecule has 528 valence electrons. The van der Waals surface area contributed by atoms with Gasteiger partial charge in [0.1, 0.15) is 19.3 Å². The Kier molecular flexibility index (Phi) is 62.1. The quantitative estimate of drug-likeness (QED) is 0.0222. The van der Waals surface area contributed by atoms with Crippen LogP contribution in [-0.4, -0.2) is 96.7 Å². The van der Waals surface area contributed by atoms with Gasteiger partial charge in [-0.1, -0.05) is 311 Å². The fourth-order valence-electron chi connectivity index (χ4n) is 10.6. The van der Waals surface area contributed by atoms with Crippen LogP contribution in [0.4, 0.5) is 0 Å². The molecule has 3 N–H and O–H groups in total. The highest BCUT2D eigenvalue weighted by Gasteiger charge is 2.30. The van der Waals surface area contributed by atoms with E-state index in [0.29, 0.717) is 25.7 Å². The van der Waals surface area contributed by atoms with Crippen molar-refractivity contribution in [3.8, 4) is 0 Å². The lowest BCUT2D eigenvalue weighted by molar-refractivity contribution is -0.161. The maximum Gasteiger partial charge on any atom is 0.472 e. The van der Waals surface area contributed by atoms with Crippen molar-refractivity contribution in [2.24, 2.45) is 5.92 Å². The summed E-state index contributed by atoms with van der Waals surface area (Å²) in [7, 11) is -9.89. The third kappa shape index (κ3) is 64.6. The number of carbonyl (C=O) groups is 4. The summed E-state index contributed by atoms with van der Waals surface area (Å²) in [6.07, 6.45) is 50.0. The average Bonchev–Trinajstić information content (AvgIpc) is 3.58. The number of aliphatic hydroxyl groups is 1. The van der Waals surface area contributed by atoms with Crippen molar-refractivity contribution in [3.63, 3.8) is 0 Å². The minimum atomic E-state index is -4.95. The zero-order chi connectivity index (χ0) is 65.6. The molecule has 0 heterocycles. The van der Waals surface area contributed by atoms with Crippen molar-refractivity contribution in [3.05, 3.63) is 0 Å². The van der Waals surface area contributed by atoms with Crippen molar-refractivity contribution >= 4 is 39.5 Å². The summed E-state index contributed by atoms with van der Waals surface area (Å²) < 4.78 is 68.2. The van der Waals surface area contributed by atoms with E-state index in [-0.39, 0.29) is 25.7 Å². The summed E-state index contributed by atoms with van der Waals surface area (Å²) in [5, 5.41) is 10.6. The molecule has 0 fully saturated rings. The summed E-state index contributed by atoms with van der Waals surface area (Å²) in [6.45, 7) is 7.20. The van der Waals surface area contributed by atoms with Crippen LogP contribution >= 0.6 is 15.6 Å². The van der Waals surface area contributed by atoms with E-state index in [1.54, 1.807) is 0 Å². The van der Waals surface area contributed by atoms with E-state index in [1.165, 1.54) is 173 Å². The number of aliphatic hydroxyl groups excluding tert-OH is 1. The number of rotatable bonds is 70. The van der Waals surface area contributed by atoms with Crippen LogP contribution in [0.1, 0.15) is 362 Å². The number of esters is 4. The molecule has 0 saturated heterocycles. The van der Waals surface area contributed by atoms with Gasteiger partial charge in [-0.25, -0.2) is 9.13 Å².